The van der Waals surface area contributed by atoms with Crippen LogP contribution in [0.15, 0.2) is 6.33 Å². The Morgan fingerprint density at radius 1 is 1.14 bits per heavy atom. The van der Waals surface area contributed by atoms with Crippen LogP contribution in [0.25, 0.3) is 11.2 Å². The van der Waals surface area contributed by atoms with Crippen molar-refractivity contribution in [3.63, 3.8) is 0 Å². The van der Waals surface area contributed by atoms with Crippen LogP contribution in [0, 0.1) is 5.92 Å². The number of carbonyl (C=O) groups is 1. The summed E-state index contributed by atoms with van der Waals surface area (Å²) >= 11 is 0. The number of morpholine rings is 1. The molecule has 9 nitrogen and oxygen atoms in total. The maximum Gasteiger partial charge on any atom is 0.219 e. The molecule has 0 spiro atoms. The van der Waals surface area contributed by atoms with Gasteiger partial charge in [-0.3, -0.25) is 9.36 Å². The van der Waals surface area contributed by atoms with Crippen molar-refractivity contribution in [3.05, 3.63) is 6.33 Å². The zero-order valence-electron chi connectivity index (χ0n) is 17.3. The normalized spacial score (nSPS) is 23.1. The second-order valence-corrected chi connectivity index (χ2v) is 8.44. The Kier molecular flexibility index (Phi) is 4.77. The second kappa shape index (κ2) is 7.44. The summed E-state index contributed by atoms with van der Waals surface area (Å²) in [5, 5.41) is 0. The minimum Gasteiger partial charge on any atom is -0.378 e. The lowest BCUT2D eigenvalue weighted by Crippen LogP contribution is -2.54. The van der Waals surface area contributed by atoms with Gasteiger partial charge in [0.1, 0.15) is 6.33 Å². The quantitative estimate of drug-likeness (QED) is 0.762. The molecule has 1 aliphatic carbocycles. The van der Waals surface area contributed by atoms with Crippen molar-refractivity contribution in [3.8, 4) is 0 Å². The van der Waals surface area contributed by atoms with Crippen LogP contribution in [0.5, 0.6) is 0 Å². The Hall–Kier alpha value is -2.42. The number of piperazine rings is 1. The van der Waals surface area contributed by atoms with E-state index in [0.717, 1.165) is 62.2 Å². The molecule has 0 N–H and O–H groups in total. The summed E-state index contributed by atoms with van der Waals surface area (Å²) in [6.45, 7) is 10.1. The number of fused-ring (bicyclic) bond motifs is 1. The van der Waals surface area contributed by atoms with Crippen LogP contribution in [0.1, 0.15) is 26.7 Å². The second-order valence-electron chi connectivity index (χ2n) is 8.44. The fraction of sp³-hybridized carbons (Fsp3) is 0.700. The molecule has 2 aromatic heterocycles. The molecule has 0 bridgehead atoms. The number of anilines is 2. The van der Waals surface area contributed by atoms with Gasteiger partial charge >= 0.3 is 0 Å². The third-order valence-corrected chi connectivity index (χ3v) is 6.26. The van der Waals surface area contributed by atoms with Gasteiger partial charge in [-0.15, -0.1) is 0 Å². The molecule has 5 rings (SSSR count). The van der Waals surface area contributed by atoms with E-state index in [1.807, 2.05) is 4.90 Å². The van der Waals surface area contributed by atoms with Gasteiger partial charge in [0.15, 0.2) is 17.0 Å². The minimum atomic E-state index is 0.143. The molecule has 1 saturated carbocycles. The van der Waals surface area contributed by atoms with E-state index >= 15 is 0 Å². The first-order chi connectivity index (χ1) is 14.1. The molecule has 3 fully saturated rings. The first kappa shape index (κ1) is 18.6. The average Bonchev–Trinajstić information content (AvgIpc) is 3.47. The maximum absolute atomic E-state index is 11.9. The van der Waals surface area contributed by atoms with Crippen molar-refractivity contribution in [1.29, 1.82) is 0 Å². The summed E-state index contributed by atoms with van der Waals surface area (Å²) in [5.74, 6) is 2.73. The molecule has 2 aliphatic heterocycles. The number of rotatable bonds is 4. The fourth-order valence-corrected chi connectivity index (χ4v) is 4.49. The van der Waals surface area contributed by atoms with E-state index in [4.69, 9.17) is 9.72 Å². The van der Waals surface area contributed by atoms with Crippen molar-refractivity contribution in [2.75, 3.05) is 55.7 Å². The smallest absolute Gasteiger partial charge is 0.219 e. The van der Waals surface area contributed by atoms with Gasteiger partial charge in [0.25, 0.3) is 0 Å². The molecule has 4 heterocycles. The van der Waals surface area contributed by atoms with Crippen molar-refractivity contribution < 1.29 is 9.53 Å². The number of hydrogen-bond donors (Lipinski definition) is 0. The summed E-state index contributed by atoms with van der Waals surface area (Å²) in [4.78, 5) is 32.7. The van der Waals surface area contributed by atoms with Crippen molar-refractivity contribution in [2.45, 2.75) is 39.3 Å². The molecule has 1 atom stereocenters. The Morgan fingerprint density at radius 2 is 1.93 bits per heavy atom. The Labute approximate surface area is 170 Å². The Morgan fingerprint density at radius 3 is 2.62 bits per heavy atom. The standard InChI is InChI=1S/C20H29N7O2/c1-14-11-25(5-6-26(14)15(2)28)20-23-17-18(24-7-9-29-10-8-24)21-13-22-19(17)27(20)12-16-3-4-16/h13-14,16H,3-12H2,1-2H3/t14-/m1/s1. The maximum atomic E-state index is 11.9. The zero-order valence-corrected chi connectivity index (χ0v) is 17.3. The number of imidazole rings is 1. The van der Waals surface area contributed by atoms with Crippen molar-refractivity contribution >= 4 is 28.8 Å². The van der Waals surface area contributed by atoms with Crippen LogP contribution in [0.4, 0.5) is 11.8 Å². The number of ether oxygens (including phenoxy) is 1. The lowest BCUT2D eigenvalue weighted by atomic mass is 10.2. The summed E-state index contributed by atoms with van der Waals surface area (Å²) in [5.41, 5.74) is 1.80. The van der Waals surface area contributed by atoms with Gasteiger partial charge in [0.2, 0.25) is 11.9 Å². The molecule has 3 aliphatic rings. The van der Waals surface area contributed by atoms with Gasteiger partial charge in [-0.05, 0) is 25.7 Å². The lowest BCUT2D eigenvalue weighted by Gasteiger charge is -2.40. The monoisotopic (exact) mass is 399 g/mol. The summed E-state index contributed by atoms with van der Waals surface area (Å²) < 4.78 is 7.79. The zero-order chi connectivity index (χ0) is 20.0. The van der Waals surface area contributed by atoms with E-state index in [1.165, 1.54) is 12.8 Å². The van der Waals surface area contributed by atoms with Gasteiger partial charge in [0, 0.05) is 52.2 Å². The van der Waals surface area contributed by atoms with E-state index in [-0.39, 0.29) is 11.9 Å². The van der Waals surface area contributed by atoms with Gasteiger partial charge in [0.05, 0.1) is 13.2 Å². The average molecular weight is 399 g/mol. The Balaban J connectivity index is 1.53. The molecule has 156 valence electrons. The molecule has 0 unspecified atom stereocenters. The van der Waals surface area contributed by atoms with Crippen molar-refractivity contribution in [1.82, 2.24) is 24.4 Å². The van der Waals surface area contributed by atoms with E-state index in [2.05, 4.69) is 31.3 Å². The summed E-state index contributed by atoms with van der Waals surface area (Å²) in [7, 11) is 0. The van der Waals surface area contributed by atoms with E-state index < -0.39 is 0 Å². The lowest BCUT2D eigenvalue weighted by molar-refractivity contribution is -0.131. The predicted octanol–water partition coefficient (Wildman–Crippen LogP) is 1.13. The van der Waals surface area contributed by atoms with E-state index in [9.17, 15) is 4.79 Å². The molecule has 0 radical (unpaired) electrons. The highest BCUT2D eigenvalue weighted by Gasteiger charge is 2.32. The topological polar surface area (TPSA) is 79.6 Å². The van der Waals surface area contributed by atoms with Crippen LogP contribution in [-0.2, 0) is 16.1 Å². The number of aromatic nitrogens is 4. The molecule has 1 amide bonds. The first-order valence-electron chi connectivity index (χ1n) is 10.7. The SMILES string of the molecule is CC(=O)N1CCN(c2nc3c(N4CCOCC4)ncnc3n2CC2CC2)C[C@H]1C. The van der Waals surface area contributed by atoms with Gasteiger partial charge in [-0.2, -0.15) is 0 Å². The number of nitrogens with zero attached hydrogens (tertiary/aromatic N) is 7. The van der Waals surface area contributed by atoms with Crippen molar-refractivity contribution in [2.24, 2.45) is 5.92 Å². The molecular weight excluding hydrogens is 370 g/mol. The van der Waals surface area contributed by atoms with Crippen LogP contribution in [0.2, 0.25) is 0 Å². The summed E-state index contributed by atoms with van der Waals surface area (Å²) in [6, 6.07) is 0.167. The molecule has 0 aromatic carbocycles. The molecule has 9 heteroatoms. The Bertz CT molecular complexity index is 904. The predicted molar refractivity (Wildman–Crippen MR) is 110 cm³/mol. The minimum absolute atomic E-state index is 0.143. The molecule has 2 aromatic rings. The largest absolute Gasteiger partial charge is 0.378 e. The number of amides is 1. The van der Waals surface area contributed by atoms with Gasteiger partial charge < -0.3 is 19.4 Å². The third kappa shape index (κ3) is 3.52. The highest BCUT2D eigenvalue weighted by Crippen LogP contribution is 2.35. The number of hydrogen-bond acceptors (Lipinski definition) is 7. The molecule has 29 heavy (non-hydrogen) atoms. The molecular formula is C20H29N7O2. The van der Waals surface area contributed by atoms with Gasteiger partial charge in [-0.25, -0.2) is 15.0 Å². The highest BCUT2D eigenvalue weighted by molar-refractivity contribution is 5.86. The van der Waals surface area contributed by atoms with Crippen LogP contribution in [0.3, 0.4) is 0 Å². The highest BCUT2D eigenvalue weighted by atomic mass is 16.5. The van der Waals surface area contributed by atoms with Crippen LogP contribution in [-0.4, -0.2) is 82.3 Å². The third-order valence-electron chi connectivity index (χ3n) is 6.26. The van der Waals surface area contributed by atoms with Gasteiger partial charge in [-0.1, -0.05) is 0 Å². The van der Waals surface area contributed by atoms with Crippen LogP contribution < -0.4 is 9.80 Å². The first-order valence-corrected chi connectivity index (χ1v) is 10.7. The van der Waals surface area contributed by atoms with Crippen LogP contribution >= 0.6 is 0 Å². The number of carbonyl (C=O) groups excluding carboxylic acids is 1. The van der Waals surface area contributed by atoms with E-state index in [1.54, 1.807) is 13.3 Å². The van der Waals surface area contributed by atoms with E-state index in [0.29, 0.717) is 19.1 Å². The summed E-state index contributed by atoms with van der Waals surface area (Å²) in [6.07, 6.45) is 4.21. The fourth-order valence-electron chi connectivity index (χ4n) is 4.49. The molecule has 2 saturated heterocycles.